The molecule has 2 rings (SSSR count). The average Bonchev–Trinajstić information content (AvgIpc) is 2.86. The lowest BCUT2D eigenvalue weighted by Crippen LogP contribution is -2.44. The second-order valence-corrected chi connectivity index (χ2v) is 11.3. The standard InChI is InChI=1S/C33H52NO3/c1-6-8-9-10-11-12-13-17-23-30-24-18-19-25-31(30)36-32(20-7-2)37-33(35)28(3)26-34(4,5)27-29-21-15-14-16-22-29/h14-16,18-19,21-22,24-25,28,32H,6-13,17,20,23,26-27H2,1-5H3/q+1. The van der Waals surface area contributed by atoms with Crippen LogP contribution < -0.4 is 4.74 Å². The van der Waals surface area contributed by atoms with Gasteiger partial charge in [-0.15, -0.1) is 0 Å². The van der Waals surface area contributed by atoms with E-state index in [4.69, 9.17) is 9.47 Å². The number of carbonyl (C=O) groups excluding carboxylic acids is 1. The first-order valence-electron chi connectivity index (χ1n) is 14.7. The summed E-state index contributed by atoms with van der Waals surface area (Å²) in [5, 5.41) is 0. The van der Waals surface area contributed by atoms with Crippen molar-refractivity contribution >= 4 is 5.97 Å². The molecule has 0 spiro atoms. The zero-order valence-electron chi connectivity index (χ0n) is 24.2. The molecule has 0 fully saturated rings. The van der Waals surface area contributed by atoms with Crippen molar-refractivity contribution in [2.75, 3.05) is 20.6 Å². The van der Waals surface area contributed by atoms with Gasteiger partial charge in [-0.25, -0.2) is 0 Å². The van der Waals surface area contributed by atoms with Crippen LogP contribution in [0, 0.1) is 5.92 Å². The summed E-state index contributed by atoms with van der Waals surface area (Å²) in [7, 11) is 4.33. The highest BCUT2D eigenvalue weighted by atomic mass is 16.7. The van der Waals surface area contributed by atoms with E-state index in [2.05, 4.69) is 64.3 Å². The van der Waals surface area contributed by atoms with Crippen LogP contribution in [-0.2, 0) is 22.5 Å². The van der Waals surface area contributed by atoms with Crippen LogP contribution in [0.1, 0.15) is 96.1 Å². The number of esters is 1. The number of rotatable bonds is 19. The quantitative estimate of drug-likeness (QED) is 0.0824. The fourth-order valence-corrected chi connectivity index (χ4v) is 5.00. The smallest absolute Gasteiger partial charge is 0.317 e. The molecule has 2 aromatic carbocycles. The highest BCUT2D eigenvalue weighted by Gasteiger charge is 2.28. The predicted molar refractivity (Wildman–Crippen MR) is 154 cm³/mol. The molecule has 0 aliphatic rings. The zero-order chi connectivity index (χ0) is 26.9. The van der Waals surface area contributed by atoms with E-state index in [0.29, 0.717) is 13.0 Å². The number of carbonyl (C=O) groups is 1. The highest BCUT2D eigenvalue weighted by Crippen LogP contribution is 2.24. The molecule has 0 N–H and O–H groups in total. The lowest BCUT2D eigenvalue weighted by Gasteiger charge is -2.32. The monoisotopic (exact) mass is 510 g/mol. The molecule has 0 saturated heterocycles. The number of unbranched alkanes of at least 4 members (excludes halogenated alkanes) is 7. The molecule has 37 heavy (non-hydrogen) atoms. The van der Waals surface area contributed by atoms with Crippen LogP contribution in [0.15, 0.2) is 54.6 Å². The SMILES string of the molecule is CCCCCCCCCCc1ccccc1OC(CCC)OC(=O)C(C)C[N+](C)(C)Cc1ccccc1. The Morgan fingerprint density at radius 1 is 0.811 bits per heavy atom. The minimum absolute atomic E-state index is 0.182. The van der Waals surface area contributed by atoms with E-state index >= 15 is 0 Å². The van der Waals surface area contributed by atoms with Crippen molar-refractivity contribution in [1.29, 1.82) is 0 Å². The van der Waals surface area contributed by atoms with Crippen molar-refractivity contribution in [2.45, 2.75) is 104 Å². The Morgan fingerprint density at radius 2 is 1.43 bits per heavy atom. The molecule has 0 radical (unpaired) electrons. The molecule has 0 aliphatic heterocycles. The largest absolute Gasteiger partial charge is 0.455 e. The van der Waals surface area contributed by atoms with E-state index in [1.807, 2.05) is 25.1 Å². The second kappa shape index (κ2) is 17.2. The van der Waals surface area contributed by atoms with Gasteiger partial charge in [0.15, 0.2) is 0 Å². The van der Waals surface area contributed by atoms with Gasteiger partial charge in [-0.05, 0) is 37.8 Å². The molecule has 2 unspecified atom stereocenters. The maximum Gasteiger partial charge on any atom is 0.317 e. The lowest BCUT2D eigenvalue weighted by molar-refractivity contribution is -0.905. The maximum absolute atomic E-state index is 13.1. The number of aryl methyl sites for hydroxylation is 1. The Bertz CT molecular complexity index is 880. The van der Waals surface area contributed by atoms with Crippen LogP contribution in [0.4, 0.5) is 0 Å². The number of quaternary nitrogens is 1. The van der Waals surface area contributed by atoms with E-state index in [1.165, 1.54) is 56.1 Å². The first kappa shape index (κ1) is 30.9. The third-order valence-corrected chi connectivity index (χ3v) is 6.93. The molecular weight excluding hydrogens is 458 g/mol. The van der Waals surface area contributed by atoms with E-state index in [-0.39, 0.29) is 11.9 Å². The number of hydrogen-bond acceptors (Lipinski definition) is 3. The summed E-state index contributed by atoms with van der Waals surface area (Å²) >= 11 is 0. The Balaban J connectivity index is 1.87. The molecule has 4 nitrogen and oxygen atoms in total. The predicted octanol–water partition coefficient (Wildman–Crippen LogP) is 8.33. The normalized spacial score (nSPS) is 13.2. The van der Waals surface area contributed by atoms with Crippen molar-refractivity contribution in [1.82, 2.24) is 0 Å². The minimum Gasteiger partial charge on any atom is -0.455 e. The summed E-state index contributed by atoms with van der Waals surface area (Å²) < 4.78 is 13.0. The fraction of sp³-hybridized carbons (Fsp3) is 0.606. The van der Waals surface area contributed by atoms with Gasteiger partial charge in [0.05, 0.1) is 20.6 Å². The van der Waals surface area contributed by atoms with Crippen LogP contribution in [0.2, 0.25) is 0 Å². The van der Waals surface area contributed by atoms with Gasteiger partial charge in [-0.2, -0.15) is 0 Å². The molecule has 0 aromatic heterocycles. The summed E-state index contributed by atoms with van der Waals surface area (Å²) in [6.45, 7) is 7.91. The third-order valence-electron chi connectivity index (χ3n) is 6.93. The number of para-hydroxylation sites is 1. The maximum atomic E-state index is 13.1. The van der Waals surface area contributed by atoms with Gasteiger partial charge in [0, 0.05) is 12.0 Å². The molecule has 0 bridgehead atoms. The highest BCUT2D eigenvalue weighted by molar-refractivity contribution is 5.72. The zero-order valence-corrected chi connectivity index (χ0v) is 24.2. The average molecular weight is 511 g/mol. The van der Waals surface area contributed by atoms with Crippen LogP contribution in [0.25, 0.3) is 0 Å². The third kappa shape index (κ3) is 12.6. The van der Waals surface area contributed by atoms with Crippen molar-refractivity contribution in [3.63, 3.8) is 0 Å². The fourth-order valence-electron chi connectivity index (χ4n) is 5.00. The molecular formula is C33H52NO3+. The van der Waals surface area contributed by atoms with Crippen molar-refractivity contribution in [3.05, 3.63) is 65.7 Å². The summed E-state index contributed by atoms with van der Waals surface area (Å²) in [4.78, 5) is 13.1. The lowest BCUT2D eigenvalue weighted by atomic mass is 10.0. The summed E-state index contributed by atoms with van der Waals surface area (Å²) in [5.41, 5.74) is 2.48. The number of nitrogens with zero attached hydrogens (tertiary/aromatic N) is 1. The van der Waals surface area contributed by atoms with Gasteiger partial charge in [-0.3, -0.25) is 4.79 Å². The number of ether oxygens (including phenoxy) is 2. The second-order valence-electron chi connectivity index (χ2n) is 11.3. The Morgan fingerprint density at radius 3 is 2.11 bits per heavy atom. The molecule has 0 saturated carbocycles. The molecule has 0 amide bonds. The molecule has 0 aliphatic carbocycles. The van der Waals surface area contributed by atoms with Crippen molar-refractivity contribution < 1.29 is 18.8 Å². The van der Waals surface area contributed by atoms with E-state index in [0.717, 1.165) is 36.0 Å². The van der Waals surface area contributed by atoms with Gasteiger partial charge in [0.25, 0.3) is 0 Å². The van der Waals surface area contributed by atoms with Gasteiger partial charge in [-0.1, -0.05) is 107 Å². The van der Waals surface area contributed by atoms with Gasteiger partial charge < -0.3 is 14.0 Å². The van der Waals surface area contributed by atoms with Gasteiger partial charge >= 0.3 is 5.97 Å². The first-order chi connectivity index (χ1) is 17.8. The Hall–Kier alpha value is -2.33. The van der Waals surface area contributed by atoms with E-state index < -0.39 is 6.29 Å². The molecule has 206 valence electrons. The molecule has 4 heteroatoms. The van der Waals surface area contributed by atoms with Crippen LogP contribution in [0.3, 0.4) is 0 Å². The molecule has 2 atom stereocenters. The first-order valence-corrected chi connectivity index (χ1v) is 14.7. The summed E-state index contributed by atoms with van der Waals surface area (Å²) in [6, 6.07) is 18.7. The Labute approximate surface area is 227 Å². The minimum atomic E-state index is -0.551. The van der Waals surface area contributed by atoms with Crippen LogP contribution >= 0.6 is 0 Å². The topological polar surface area (TPSA) is 35.5 Å². The molecule has 0 heterocycles. The summed E-state index contributed by atoms with van der Waals surface area (Å²) in [6.07, 6.45) is 12.5. The Kier molecular flexibility index (Phi) is 14.4. The van der Waals surface area contributed by atoms with Crippen LogP contribution in [0.5, 0.6) is 5.75 Å². The number of benzene rings is 2. The van der Waals surface area contributed by atoms with E-state index in [1.54, 1.807) is 0 Å². The van der Waals surface area contributed by atoms with E-state index in [9.17, 15) is 4.79 Å². The van der Waals surface area contributed by atoms with Crippen molar-refractivity contribution in [2.24, 2.45) is 5.92 Å². The van der Waals surface area contributed by atoms with Crippen LogP contribution in [-0.4, -0.2) is 37.4 Å². The summed E-state index contributed by atoms with van der Waals surface area (Å²) in [5.74, 6) is 0.456. The van der Waals surface area contributed by atoms with Gasteiger partial charge in [0.2, 0.25) is 6.29 Å². The van der Waals surface area contributed by atoms with Crippen molar-refractivity contribution in [3.8, 4) is 5.75 Å². The molecule has 2 aromatic rings. The van der Waals surface area contributed by atoms with Gasteiger partial charge in [0.1, 0.15) is 18.2 Å². The number of hydrogen-bond donors (Lipinski definition) is 0.